The van der Waals surface area contributed by atoms with Gasteiger partial charge in [0.2, 0.25) is 5.91 Å². The fourth-order valence-electron chi connectivity index (χ4n) is 2.52. The van der Waals surface area contributed by atoms with Gasteiger partial charge < -0.3 is 15.3 Å². The second-order valence-electron chi connectivity index (χ2n) is 5.59. The van der Waals surface area contributed by atoms with Gasteiger partial charge in [-0.1, -0.05) is 38.5 Å². The summed E-state index contributed by atoms with van der Waals surface area (Å²) in [5.74, 6) is -1.87. The Morgan fingerprint density at radius 1 is 1.36 bits per heavy atom. The minimum Gasteiger partial charge on any atom is -0.480 e. The van der Waals surface area contributed by atoms with E-state index in [1.54, 1.807) is 19.1 Å². The minimum absolute atomic E-state index is 0.131. The molecule has 6 nitrogen and oxygen atoms in total. The molecule has 6 heteroatoms. The number of fused-ring (bicyclic) bond motifs is 1. The van der Waals surface area contributed by atoms with Crippen LogP contribution in [-0.2, 0) is 16.1 Å². The molecule has 0 unspecified atom stereocenters. The standard InChI is InChI=1S/C16H20N2O4/c1-3-10(2)14(16(21)22)17-13(19)9-18-8-11-6-4-5-7-12(11)15(18)20/h4-7,10,14H,3,8-9H2,1-2H3,(H,17,19)(H,21,22)/t10-,14-/m0/s1. The molecular weight excluding hydrogens is 284 g/mol. The average Bonchev–Trinajstić information content (AvgIpc) is 2.80. The van der Waals surface area contributed by atoms with Crippen LogP contribution in [0, 0.1) is 5.92 Å². The lowest BCUT2D eigenvalue weighted by Crippen LogP contribution is -2.48. The molecule has 1 aromatic carbocycles. The summed E-state index contributed by atoms with van der Waals surface area (Å²) in [5.41, 5.74) is 1.49. The Labute approximate surface area is 129 Å². The number of benzene rings is 1. The molecule has 1 heterocycles. The van der Waals surface area contributed by atoms with E-state index >= 15 is 0 Å². The molecular formula is C16H20N2O4. The van der Waals surface area contributed by atoms with Crippen LogP contribution in [0.1, 0.15) is 36.2 Å². The van der Waals surface area contributed by atoms with E-state index in [4.69, 9.17) is 0 Å². The van der Waals surface area contributed by atoms with Crippen molar-refractivity contribution in [2.24, 2.45) is 5.92 Å². The first-order valence-electron chi connectivity index (χ1n) is 7.33. The third-order valence-electron chi connectivity index (χ3n) is 4.03. The summed E-state index contributed by atoms with van der Waals surface area (Å²) < 4.78 is 0. The van der Waals surface area contributed by atoms with E-state index in [-0.39, 0.29) is 18.4 Å². The quantitative estimate of drug-likeness (QED) is 0.828. The zero-order chi connectivity index (χ0) is 16.3. The van der Waals surface area contributed by atoms with Crippen LogP contribution in [0.25, 0.3) is 0 Å². The Kier molecular flexibility index (Phi) is 4.80. The van der Waals surface area contributed by atoms with Crippen LogP contribution < -0.4 is 5.32 Å². The van der Waals surface area contributed by atoms with Gasteiger partial charge in [-0.25, -0.2) is 4.79 Å². The molecule has 1 aliphatic rings. The number of amides is 2. The van der Waals surface area contributed by atoms with Crippen LogP contribution in [-0.4, -0.2) is 40.4 Å². The third-order valence-corrected chi connectivity index (χ3v) is 4.03. The SMILES string of the molecule is CC[C@H](C)[C@H](NC(=O)CN1Cc2ccccc2C1=O)C(=O)O. The molecule has 118 valence electrons. The number of carboxylic acid groups (broad SMARTS) is 1. The van der Waals surface area contributed by atoms with E-state index in [2.05, 4.69) is 5.32 Å². The summed E-state index contributed by atoms with van der Waals surface area (Å²) in [4.78, 5) is 36.9. The van der Waals surface area contributed by atoms with Crippen molar-refractivity contribution in [1.82, 2.24) is 10.2 Å². The molecule has 2 amide bonds. The van der Waals surface area contributed by atoms with E-state index in [0.29, 0.717) is 18.5 Å². The molecule has 1 aliphatic heterocycles. The van der Waals surface area contributed by atoms with Crippen molar-refractivity contribution in [3.63, 3.8) is 0 Å². The largest absolute Gasteiger partial charge is 0.480 e. The highest BCUT2D eigenvalue weighted by atomic mass is 16.4. The fraction of sp³-hybridized carbons (Fsp3) is 0.438. The molecule has 2 rings (SSSR count). The Morgan fingerprint density at radius 3 is 2.64 bits per heavy atom. The number of nitrogens with zero attached hydrogens (tertiary/aromatic N) is 1. The number of hydrogen-bond acceptors (Lipinski definition) is 3. The molecule has 22 heavy (non-hydrogen) atoms. The molecule has 0 spiro atoms. The molecule has 2 N–H and O–H groups in total. The maximum atomic E-state index is 12.2. The van der Waals surface area contributed by atoms with Crippen molar-refractivity contribution < 1.29 is 19.5 Å². The first-order valence-corrected chi connectivity index (χ1v) is 7.33. The molecule has 0 radical (unpaired) electrons. The topological polar surface area (TPSA) is 86.7 Å². The minimum atomic E-state index is -1.06. The lowest BCUT2D eigenvalue weighted by atomic mass is 9.99. The van der Waals surface area contributed by atoms with Crippen LogP contribution in [0.3, 0.4) is 0 Å². The van der Waals surface area contributed by atoms with Crippen LogP contribution >= 0.6 is 0 Å². The second kappa shape index (κ2) is 6.60. The Morgan fingerprint density at radius 2 is 2.05 bits per heavy atom. The number of carboxylic acids is 1. The van der Waals surface area contributed by atoms with E-state index in [0.717, 1.165) is 5.56 Å². The maximum Gasteiger partial charge on any atom is 0.326 e. The monoisotopic (exact) mass is 304 g/mol. The highest BCUT2D eigenvalue weighted by Crippen LogP contribution is 2.21. The van der Waals surface area contributed by atoms with E-state index in [1.807, 2.05) is 19.1 Å². The molecule has 0 aliphatic carbocycles. The molecule has 0 aromatic heterocycles. The zero-order valence-electron chi connectivity index (χ0n) is 12.7. The van der Waals surface area contributed by atoms with Crippen molar-refractivity contribution in [3.05, 3.63) is 35.4 Å². The van der Waals surface area contributed by atoms with Gasteiger partial charge in [-0.05, 0) is 17.5 Å². The predicted molar refractivity (Wildman–Crippen MR) is 80.2 cm³/mol. The first kappa shape index (κ1) is 16.0. The zero-order valence-corrected chi connectivity index (χ0v) is 12.7. The summed E-state index contributed by atoms with van der Waals surface area (Å²) in [6, 6.07) is 6.28. The number of aliphatic carboxylic acids is 1. The van der Waals surface area contributed by atoms with Gasteiger partial charge in [0.1, 0.15) is 12.6 Å². The third kappa shape index (κ3) is 3.27. The van der Waals surface area contributed by atoms with Crippen molar-refractivity contribution in [3.8, 4) is 0 Å². The van der Waals surface area contributed by atoms with Gasteiger partial charge in [-0.15, -0.1) is 0 Å². The van der Waals surface area contributed by atoms with Crippen molar-refractivity contribution in [2.75, 3.05) is 6.54 Å². The molecule has 0 saturated carbocycles. The van der Waals surface area contributed by atoms with Crippen molar-refractivity contribution in [2.45, 2.75) is 32.9 Å². The van der Waals surface area contributed by atoms with Gasteiger partial charge in [0.25, 0.3) is 5.91 Å². The van der Waals surface area contributed by atoms with E-state index in [9.17, 15) is 19.5 Å². The lowest BCUT2D eigenvalue weighted by molar-refractivity contribution is -0.143. The molecule has 0 fully saturated rings. The van der Waals surface area contributed by atoms with Crippen LogP contribution in [0.4, 0.5) is 0 Å². The van der Waals surface area contributed by atoms with Gasteiger partial charge in [0.15, 0.2) is 0 Å². The maximum absolute atomic E-state index is 12.2. The number of carbonyl (C=O) groups excluding carboxylic acids is 2. The van der Waals surface area contributed by atoms with Crippen LogP contribution in [0.15, 0.2) is 24.3 Å². The highest BCUT2D eigenvalue weighted by Gasteiger charge is 2.30. The van der Waals surface area contributed by atoms with E-state index in [1.165, 1.54) is 4.90 Å². The first-order chi connectivity index (χ1) is 10.4. The molecule has 2 atom stereocenters. The summed E-state index contributed by atoms with van der Waals surface area (Å²) in [7, 11) is 0. The summed E-state index contributed by atoms with van der Waals surface area (Å²) >= 11 is 0. The van der Waals surface area contributed by atoms with Gasteiger partial charge in [0.05, 0.1) is 0 Å². The molecule has 1 aromatic rings. The predicted octanol–water partition coefficient (Wildman–Crippen LogP) is 1.26. The summed E-state index contributed by atoms with van der Waals surface area (Å²) in [6.07, 6.45) is 0.644. The smallest absolute Gasteiger partial charge is 0.326 e. The van der Waals surface area contributed by atoms with Gasteiger partial charge in [-0.3, -0.25) is 9.59 Å². The van der Waals surface area contributed by atoms with Crippen LogP contribution in [0.2, 0.25) is 0 Å². The number of nitrogens with one attached hydrogen (secondary N) is 1. The van der Waals surface area contributed by atoms with Gasteiger partial charge in [0, 0.05) is 12.1 Å². The second-order valence-corrected chi connectivity index (χ2v) is 5.59. The average molecular weight is 304 g/mol. The molecule has 0 saturated heterocycles. The van der Waals surface area contributed by atoms with Crippen molar-refractivity contribution >= 4 is 17.8 Å². The molecule has 0 bridgehead atoms. The summed E-state index contributed by atoms with van der Waals surface area (Å²) in [5, 5.41) is 11.7. The Bertz CT molecular complexity index is 600. The normalized spacial score (nSPS) is 16.1. The fourth-order valence-corrected chi connectivity index (χ4v) is 2.52. The number of hydrogen-bond donors (Lipinski definition) is 2. The highest BCUT2D eigenvalue weighted by molar-refractivity contribution is 6.00. The van der Waals surface area contributed by atoms with Crippen molar-refractivity contribution in [1.29, 1.82) is 0 Å². The van der Waals surface area contributed by atoms with Gasteiger partial charge in [-0.2, -0.15) is 0 Å². The summed E-state index contributed by atoms with van der Waals surface area (Å²) in [6.45, 7) is 3.89. The van der Waals surface area contributed by atoms with Crippen LogP contribution in [0.5, 0.6) is 0 Å². The van der Waals surface area contributed by atoms with Gasteiger partial charge >= 0.3 is 5.97 Å². The van der Waals surface area contributed by atoms with E-state index < -0.39 is 17.9 Å². The number of rotatable bonds is 6. The Hall–Kier alpha value is -2.37. The number of carbonyl (C=O) groups is 3. The Balaban J connectivity index is 1.99. The lowest BCUT2D eigenvalue weighted by Gasteiger charge is -2.22.